The Labute approximate surface area is 901 Å². The Bertz CT molecular complexity index is 3130. The van der Waals surface area contributed by atoms with E-state index < -0.39 is 29.9 Å². The number of unbranched alkanes of at least 4 members (excludes halogenated alkanes) is 6. The molecule has 51 heteroatoms. The van der Waals surface area contributed by atoms with E-state index in [4.69, 9.17) is 103 Å². The molecule has 2 rings (SSSR count). The molecule has 2 fully saturated rings. The van der Waals surface area contributed by atoms with Gasteiger partial charge in [-0.1, -0.05) is 33.1 Å². The number of nitrogens with zero attached hydrogens (tertiary/aromatic N) is 12. The number of halogens is 1. The number of carbonyl (C=O) groups excluding carboxylic acids is 7. The van der Waals surface area contributed by atoms with Gasteiger partial charge in [0, 0.05) is 347 Å². The first-order chi connectivity index (χ1) is 70.5. The lowest BCUT2D eigenvalue weighted by atomic mass is 10.1. The van der Waals surface area contributed by atoms with Crippen LogP contribution in [0.3, 0.4) is 0 Å². The van der Waals surface area contributed by atoms with Gasteiger partial charge in [0.05, 0.1) is 23.0 Å². The van der Waals surface area contributed by atoms with Crippen LogP contribution < -0.4 is 145 Å². The zero-order valence-corrected chi connectivity index (χ0v) is 94.0. The number of hydrogen-bond acceptors (Lipinski definition) is 41. The first kappa shape index (κ1) is 148. The molecule has 2 heterocycles. The second-order valence-corrected chi connectivity index (χ2v) is 38.5. The molecule has 2 atom stereocenters. The fraction of sp³-hybridized carbons (Fsp3) is 0.885. The molecular formula is C96H217ClN40O8S2. The molecule has 147 heavy (non-hydrogen) atoms. The van der Waals surface area contributed by atoms with Crippen molar-refractivity contribution in [3.8, 4) is 0 Å². The number of amides is 6. The average Bonchev–Trinajstić information content (AvgIpc) is 1.73. The lowest BCUT2D eigenvalue weighted by molar-refractivity contribution is -0.199. The maximum atomic E-state index is 12.5. The molecule has 0 aromatic carbocycles. The van der Waals surface area contributed by atoms with Gasteiger partial charge in [-0.25, -0.2) is 4.79 Å². The van der Waals surface area contributed by atoms with Gasteiger partial charge in [0.15, 0.2) is 11.9 Å². The van der Waals surface area contributed by atoms with Crippen molar-refractivity contribution in [3.05, 3.63) is 0 Å². The number of imide groups is 1. The highest BCUT2D eigenvalue weighted by molar-refractivity contribution is 8.14. The summed E-state index contributed by atoms with van der Waals surface area (Å²) in [5, 5.41) is 48.8. The quantitative estimate of drug-likeness (QED) is 0.00885. The normalized spacial score (nSPS) is 12.9. The Hall–Kier alpha value is -5.72. The van der Waals surface area contributed by atoms with Crippen LogP contribution in [0.4, 0.5) is 0 Å². The molecule has 2 unspecified atom stereocenters. The predicted octanol–water partition coefficient (Wildman–Crippen LogP) is -6.75. The highest BCUT2D eigenvalue weighted by Crippen LogP contribution is 2.18. The van der Waals surface area contributed by atoms with E-state index in [-0.39, 0.29) is 66.7 Å². The summed E-state index contributed by atoms with van der Waals surface area (Å²) in [6.45, 7) is 51.7. The molecule has 44 N–H and O–H groups in total. The van der Waals surface area contributed by atoms with Gasteiger partial charge in [0.1, 0.15) is 0 Å². The summed E-state index contributed by atoms with van der Waals surface area (Å²) >= 11 is 5.93. The summed E-state index contributed by atoms with van der Waals surface area (Å²) < 4.78 is 0. The average molecular weight is 2160 g/mol. The highest BCUT2D eigenvalue weighted by Gasteiger charge is 2.33. The Balaban J connectivity index is -0.00000101. The third-order valence-electron chi connectivity index (χ3n) is 23.6. The molecule has 868 valence electrons. The SMILES string of the molecule is CC(=O)NCCN(CCNCCCC(=N)CCCS)CCN(CCCCCN(CCN)CCNC(=O)C(N)CCCN=C(N)N)CCNCCNC(=O)C(N)CCCN=C(N)N.CC(=O)NCCN(CCNCCN)CCN(CCCCCN(CCN)CCN)CCNCCN.CC(C)C(=O)ON1C(=O)CCC1=O.Cl.N=C1CCCS1.NCCNCCN(CCN)CCN(CCCCCN(CCN)CCN)CCNCCN. The maximum Gasteiger partial charge on any atom is 0.335 e. The van der Waals surface area contributed by atoms with Crippen molar-refractivity contribution < 1.29 is 38.4 Å². The second-order valence-electron chi connectivity index (χ2n) is 36.9. The van der Waals surface area contributed by atoms with Crippen LogP contribution in [-0.4, -0.2) is 497 Å². The van der Waals surface area contributed by atoms with Crippen LogP contribution in [0.15, 0.2) is 9.98 Å². The number of rotatable bonds is 96. The van der Waals surface area contributed by atoms with Gasteiger partial charge in [-0.3, -0.25) is 58.9 Å². The van der Waals surface area contributed by atoms with E-state index in [1.165, 1.54) is 57.6 Å². The van der Waals surface area contributed by atoms with Crippen LogP contribution in [0.5, 0.6) is 0 Å². The summed E-state index contributed by atoms with van der Waals surface area (Å²) in [6.07, 6.45) is 18.5. The molecule has 0 bridgehead atoms. The minimum absolute atomic E-state index is 0. The highest BCUT2D eigenvalue weighted by atomic mass is 35.5. The summed E-state index contributed by atoms with van der Waals surface area (Å²) in [4.78, 5) is 115. The van der Waals surface area contributed by atoms with Gasteiger partial charge in [0.25, 0.3) is 11.8 Å². The molecule has 0 aromatic heterocycles. The van der Waals surface area contributed by atoms with Crippen molar-refractivity contribution >= 4 is 101 Å². The monoisotopic (exact) mass is 2160 g/mol. The Kier molecular flexibility index (Phi) is 109. The number of nitrogens with one attached hydrogen (secondary N) is 12. The van der Waals surface area contributed by atoms with Crippen LogP contribution in [0.25, 0.3) is 0 Å². The van der Waals surface area contributed by atoms with Gasteiger partial charge >= 0.3 is 5.97 Å². The third kappa shape index (κ3) is 98.2. The van der Waals surface area contributed by atoms with Gasteiger partial charge in [-0.05, 0) is 160 Å². The number of thiol groups is 1. The molecule has 2 aliphatic rings. The summed E-state index contributed by atoms with van der Waals surface area (Å²) in [7, 11) is 0. The molecule has 0 radical (unpaired) electrons. The smallest absolute Gasteiger partial charge is 0.335 e. The van der Waals surface area contributed by atoms with Crippen LogP contribution in [-0.2, 0) is 38.4 Å². The second kappa shape index (κ2) is 109. The van der Waals surface area contributed by atoms with E-state index in [0.29, 0.717) is 149 Å². The molecule has 48 nitrogen and oxygen atoms in total. The number of aliphatic imine (C=N–C) groups is 2. The van der Waals surface area contributed by atoms with E-state index in [0.717, 1.165) is 310 Å². The van der Waals surface area contributed by atoms with Crippen molar-refractivity contribution in [3.63, 3.8) is 0 Å². The third-order valence-corrected chi connectivity index (χ3v) is 25.0. The number of guanidine groups is 2. The number of thioether (sulfide) groups is 1. The molecule has 0 spiro atoms. The topological polar surface area (TPSA) is 770 Å². The Morgan fingerprint density at radius 3 is 0.939 bits per heavy atom. The van der Waals surface area contributed by atoms with Crippen LogP contribution in [0.2, 0.25) is 0 Å². The first-order valence-corrected chi connectivity index (χ1v) is 56.0. The van der Waals surface area contributed by atoms with Crippen molar-refractivity contribution in [2.75, 3.05) is 371 Å². The molecule has 2 aliphatic heterocycles. The summed E-state index contributed by atoms with van der Waals surface area (Å²) in [5.74, 6) is -0.157. The fourth-order valence-electron chi connectivity index (χ4n) is 15.2. The van der Waals surface area contributed by atoms with Crippen LogP contribution in [0, 0.1) is 16.7 Å². The molecule has 0 aromatic rings. The lowest BCUT2D eigenvalue weighted by Crippen LogP contribution is -2.45. The molecule has 6 amide bonds. The molecule has 0 saturated carbocycles. The summed E-state index contributed by atoms with van der Waals surface area (Å²) in [6, 6.07) is -1.22. The largest absolute Gasteiger partial charge is 0.370 e. The number of hydrogen-bond donors (Lipinski definition) is 29. The standard InChI is InChI=1S/C40H88N18O3S.C23H56N10O.C21H54N10.C8H11NO4.C4H7NS.ClH/c1-33(59)51-21-28-58(27-19-49-14-5-9-34(42)10-8-32-62)31-30-57(26-20-50-17-18-52-37(60)35(43)11-6-15-54-39(45)46)24-4-2-3-23-56(25-13-41)29-22-53-38(61)36(44)12-7-16-55-40(47)48;1-23(34)30-13-20-33(19-12-29-10-6-25)22-21-32(18-11-28-9-5-24)15-4-2-3-14-31(16-7-26)17-8-27;22-4-9-27-11-18-30(14-3-1-2-13-29(15-6-24)16-7-25)20-21-31(17-8-26)19-12-28-10-5-23;1-5(2)8(12)13-9-6(10)3-4-7(9)11;5-4-2-1-3-6-4;/h35-36,42,49-50,62H,2-32,41,43-44H2,1H3,(H,51,59)(H,52,60)(H,53,61)(H4,45,46,54)(H4,47,48,55);28-29H,2-22,24-27H2,1H3,(H,30,34);27-28H,1-26H2;5H,3-4H2,1-2H3;5H,1-3H2;1H. The minimum atomic E-state index is -0.613. The van der Waals surface area contributed by atoms with E-state index in [1.807, 2.05) is 0 Å². The van der Waals surface area contributed by atoms with Crippen molar-refractivity contribution in [1.29, 1.82) is 10.8 Å². The lowest BCUT2D eigenvalue weighted by Gasteiger charge is -2.28. The molecular weight excluding hydrogens is 1940 g/mol. The van der Waals surface area contributed by atoms with Gasteiger partial charge < -0.3 is 185 Å². The number of carbonyl (C=O) groups is 7. The zero-order valence-electron chi connectivity index (χ0n) is 91.5. The van der Waals surface area contributed by atoms with Crippen molar-refractivity contribution in [2.24, 2.45) is 108 Å². The Morgan fingerprint density at radius 1 is 0.367 bits per heavy atom. The van der Waals surface area contributed by atoms with Crippen molar-refractivity contribution in [2.45, 2.75) is 175 Å². The maximum absolute atomic E-state index is 12.5. The molecule has 0 aliphatic carbocycles. The van der Waals surface area contributed by atoms with Gasteiger partial charge in [-0.15, -0.1) is 29.2 Å². The van der Waals surface area contributed by atoms with Crippen molar-refractivity contribution in [1.82, 2.24) is 102 Å². The van der Waals surface area contributed by atoms with E-state index >= 15 is 0 Å². The Morgan fingerprint density at radius 2 is 0.653 bits per heavy atom. The zero-order chi connectivity index (χ0) is 109. The van der Waals surface area contributed by atoms with E-state index in [2.05, 4.69) is 125 Å². The molecule has 2 saturated heterocycles. The summed E-state index contributed by atoms with van der Waals surface area (Å²) in [5.41, 5.74) is 91.2. The van der Waals surface area contributed by atoms with Gasteiger partial charge in [-0.2, -0.15) is 12.6 Å². The first-order valence-electron chi connectivity index (χ1n) is 54.4. The predicted molar refractivity (Wildman–Crippen MR) is 615 cm³/mol. The van der Waals surface area contributed by atoms with E-state index in [9.17, 15) is 33.6 Å². The minimum Gasteiger partial charge on any atom is -0.370 e. The van der Waals surface area contributed by atoms with Crippen LogP contribution in [0.1, 0.15) is 163 Å². The van der Waals surface area contributed by atoms with Gasteiger partial charge in [0.2, 0.25) is 23.6 Å². The van der Waals surface area contributed by atoms with E-state index in [1.54, 1.807) is 32.5 Å². The number of nitrogens with two attached hydrogens (primary N) is 16. The fourth-order valence-corrected chi connectivity index (χ4v) is 16.2. The number of hydroxylamine groups is 2. The van der Waals surface area contributed by atoms with Crippen LogP contribution >= 0.6 is 36.8 Å².